The molecule has 3 aromatic rings. The van der Waals surface area contributed by atoms with Crippen LogP contribution < -0.4 is 5.32 Å². The molecule has 5 rings (SSSR count). The average molecular weight is 459 g/mol. The van der Waals surface area contributed by atoms with Gasteiger partial charge in [0, 0.05) is 7.05 Å². The van der Waals surface area contributed by atoms with Crippen molar-refractivity contribution < 1.29 is 20.1 Å². The van der Waals surface area contributed by atoms with Gasteiger partial charge in [0.2, 0.25) is 0 Å². The van der Waals surface area contributed by atoms with Crippen molar-refractivity contribution in [2.24, 2.45) is 5.92 Å². The van der Waals surface area contributed by atoms with Gasteiger partial charge in [-0.2, -0.15) is 14.6 Å². The summed E-state index contributed by atoms with van der Waals surface area (Å²) in [7, 11) is 1.73. The number of aromatic nitrogens is 7. The molecule has 12 nitrogen and oxygen atoms in total. The van der Waals surface area contributed by atoms with Crippen LogP contribution in [-0.4, -0.2) is 81.8 Å². The van der Waals surface area contributed by atoms with Crippen molar-refractivity contribution in [3.63, 3.8) is 0 Å². The van der Waals surface area contributed by atoms with Gasteiger partial charge in [0.1, 0.15) is 18.3 Å². The van der Waals surface area contributed by atoms with Crippen molar-refractivity contribution >= 4 is 17.0 Å². The summed E-state index contributed by atoms with van der Waals surface area (Å²) in [6.45, 7) is -0.411. The highest BCUT2D eigenvalue weighted by Crippen LogP contribution is 2.32. The number of fused-ring (bicyclic) bond motifs is 1. The molecule has 4 heterocycles. The molecule has 33 heavy (non-hydrogen) atoms. The molecule has 0 spiro atoms. The second-order valence-corrected chi connectivity index (χ2v) is 8.87. The fraction of sp³-hybridized carbons (Fsp3) is 0.667. The van der Waals surface area contributed by atoms with E-state index >= 15 is 0 Å². The fourth-order valence-corrected chi connectivity index (χ4v) is 4.82. The minimum atomic E-state index is -1.24. The van der Waals surface area contributed by atoms with Crippen molar-refractivity contribution in [3.8, 4) is 5.95 Å². The largest absolute Gasteiger partial charge is 0.394 e. The Morgan fingerprint density at radius 1 is 1.15 bits per heavy atom. The summed E-state index contributed by atoms with van der Waals surface area (Å²) in [6, 6.07) is 0. The van der Waals surface area contributed by atoms with Crippen molar-refractivity contribution in [1.29, 1.82) is 0 Å². The number of aryl methyl sites for hydroxylation is 1. The van der Waals surface area contributed by atoms with Crippen molar-refractivity contribution in [3.05, 3.63) is 18.2 Å². The van der Waals surface area contributed by atoms with Crippen LogP contribution in [0.25, 0.3) is 17.1 Å². The molecule has 4 N–H and O–H groups in total. The number of hydrogen-bond acceptors (Lipinski definition) is 10. The standard InChI is InChI=1S/C21H30N8O4/c1-22-18-15-19(28(11-23-15)20-17(32)16(31)14(10-30)33-20)25-21(24-18)29-9-13(26-27-29)8-7-12-5-3-2-4-6-12/h9,11-12,14,16-17,20,30-32H,2-8,10H2,1H3,(H,22,24,25)/t14-,16-,17-,20-/m1/s1. The topological polar surface area (TPSA) is 156 Å². The van der Waals surface area contributed by atoms with E-state index in [0.29, 0.717) is 22.9 Å². The third kappa shape index (κ3) is 4.19. The Morgan fingerprint density at radius 2 is 1.97 bits per heavy atom. The zero-order chi connectivity index (χ0) is 22.9. The maximum atomic E-state index is 10.5. The smallest absolute Gasteiger partial charge is 0.256 e. The van der Waals surface area contributed by atoms with Crippen LogP contribution in [0.4, 0.5) is 5.82 Å². The Hall–Kier alpha value is -2.67. The number of anilines is 1. The molecule has 1 aliphatic carbocycles. The Balaban J connectivity index is 1.42. The molecular formula is C21H30N8O4. The fourth-order valence-electron chi connectivity index (χ4n) is 4.82. The second kappa shape index (κ2) is 9.29. The first kappa shape index (κ1) is 22.1. The number of hydrogen-bond donors (Lipinski definition) is 4. The number of nitrogens with zero attached hydrogens (tertiary/aromatic N) is 7. The molecule has 2 aliphatic rings. The minimum Gasteiger partial charge on any atom is -0.394 e. The SMILES string of the molecule is CNc1nc(-n2cc(CCC3CCCCC3)nn2)nc2c1ncn2[C@@H]1O[C@H](CO)[C@@H](O)[C@H]1O. The summed E-state index contributed by atoms with van der Waals surface area (Å²) in [5.74, 6) is 1.55. The highest BCUT2D eigenvalue weighted by Gasteiger charge is 2.44. The summed E-state index contributed by atoms with van der Waals surface area (Å²) >= 11 is 0. The van der Waals surface area contributed by atoms with Crippen LogP contribution in [0.3, 0.4) is 0 Å². The Labute approximate surface area is 190 Å². The van der Waals surface area contributed by atoms with Crippen molar-refractivity contribution in [1.82, 2.24) is 34.5 Å². The van der Waals surface area contributed by atoms with Crippen LogP contribution in [0.5, 0.6) is 0 Å². The maximum Gasteiger partial charge on any atom is 0.256 e. The lowest BCUT2D eigenvalue weighted by atomic mass is 9.86. The summed E-state index contributed by atoms with van der Waals surface area (Å²) in [5, 5.41) is 41.6. The molecule has 2 fully saturated rings. The first-order chi connectivity index (χ1) is 16.1. The van der Waals surface area contributed by atoms with E-state index in [1.807, 2.05) is 6.20 Å². The van der Waals surface area contributed by atoms with Gasteiger partial charge < -0.3 is 25.4 Å². The van der Waals surface area contributed by atoms with Gasteiger partial charge in [-0.3, -0.25) is 4.57 Å². The van der Waals surface area contributed by atoms with Gasteiger partial charge in [0.15, 0.2) is 23.2 Å². The molecular weight excluding hydrogens is 428 g/mol. The lowest BCUT2D eigenvalue weighted by molar-refractivity contribution is -0.0511. The number of nitrogens with one attached hydrogen (secondary N) is 1. The normalized spacial score (nSPS) is 26.3. The molecule has 178 valence electrons. The van der Waals surface area contributed by atoms with Crippen molar-refractivity contribution in [2.45, 2.75) is 69.5 Å². The van der Waals surface area contributed by atoms with Crippen LogP contribution >= 0.6 is 0 Å². The summed E-state index contributed by atoms with van der Waals surface area (Å²) in [4.78, 5) is 13.5. The predicted octanol–water partition coefficient (Wildman–Crippen LogP) is 0.573. The molecule has 0 amide bonds. The minimum absolute atomic E-state index is 0.303. The van der Waals surface area contributed by atoms with Crippen LogP contribution in [0.1, 0.15) is 50.4 Å². The number of ether oxygens (including phenoxy) is 1. The number of aliphatic hydroxyl groups is 3. The van der Waals surface area contributed by atoms with Crippen LogP contribution in [-0.2, 0) is 11.2 Å². The second-order valence-electron chi connectivity index (χ2n) is 8.87. The van der Waals surface area contributed by atoms with Gasteiger partial charge in [-0.15, -0.1) is 5.10 Å². The van der Waals surface area contributed by atoms with Gasteiger partial charge in [-0.25, -0.2) is 4.98 Å². The lowest BCUT2D eigenvalue weighted by Gasteiger charge is -2.20. The molecule has 3 aromatic heterocycles. The van der Waals surface area contributed by atoms with E-state index in [-0.39, 0.29) is 0 Å². The summed E-state index contributed by atoms with van der Waals surface area (Å²) in [6.07, 6.45) is 7.57. The van der Waals surface area contributed by atoms with E-state index in [9.17, 15) is 15.3 Å². The van der Waals surface area contributed by atoms with Crippen LogP contribution in [0.2, 0.25) is 0 Å². The molecule has 1 saturated heterocycles. The predicted molar refractivity (Wildman–Crippen MR) is 118 cm³/mol. The van der Waals surface area contributed by atoms with Gasteiger partial charge in [-0.05, 0) is 18.8 Å². The van der Waals surface area contributed by atoms with Crippen LogP contribution in [0, 0.1) is 5.92 Å². The van der Waals surface area contributed by atoms with E-state index in [0.717, 1.165) is 24.5 Å². The zero-order valence-corrected chi connectivity index (χ0v) is 18.6. The number of rotatable bonds is 7. The number of aliphatic hydroxyl groups excluding tert-OH is 3. The Kier molecular flexibility index (Phi) is 6.23. The molecule has 0 bridgehead atoms. The molecule has 1 aliphatic heterocycles. The monoisotopic (exact) mass is 458 g/mol. The summed E-state index contributed by atoms with van der Waals surface area (Å²) < 4.78 is 8.72. The molecule has 12 heteroatoms. The van der Waals surface area contributed by atoms with Crippen molar-refractivity contribution in [2.75, 3.05) is 19.0 Å². The zero-order valence-electron chi connectivity index (χ0n) is 18.6. The third-order valence-corrected chi connectivity index (χ3v) is 6.72. The van der Waals surface area contributed by atoms with Gasteiger partial charge in [-0.1, -0.05) is 37.3 Å². The quantitative estimate of drug-likeness (QED) is 0.395. The van der Waals surface area contributed by atoms with E-state index < -0.39 is 31.1 Å². The highest BCUT2D eigenvalue weighted by atomic mass is 16.6. The van der Waals surface area contributed by atoms with Crippen LogP contribution in [0.15, 0.2) is 12.5 Å². The molecule has 0 aromatic carbocycles. The molecule has 4 atom stereocenters. The number of imidazole rings is 1. The molecule has 1 saturated carbocycles. The van der Waals surface area contributed by atoms with Gasteiger partial charge in [0.25, 0.3) is 5.95 Å². The van der Waals surface area contributed by atoms with E-state index in [4.69, 9.17) is 4.74 Å². The molecule has 0 unspecified atom stereocenters. The van der Waals surface area contributed by atoms with Gasteiger partial charge >= 0.3 is 0 Å². The van der Waals surface area contributed by atoms with E-state index in [1.54, 1.807) is 7.05 Å². The Bertz CT molecular complexity index is 1100. The average Bonchev–Trinajstić information content (AvgIpc) is 3.56. The van der Waals surface area contributed by atoms with E-state index in [2.05, 4.69) is 30.6 Å². The molecule has 0 radical (unpaired) electrons. The first-order valence-electron chi connectivity index (χ1n) is 11.6. The van der Waals surface area contributed by atoms with Gasteiger partial charge in [0.05, 0.1) is 24.8 Å². The summed E-state index contributed by atoms with van der Waals surface area (Å²) in [5.41, 5.74) is 1.78. The lowest BCUT2D eigenvalue weighted by Crippen LogP contribution is -2.33. The van der Waals surface area contributed by atoms with E-state index in [1.165, 1.54) is 47.7 Å². The first-order valence-corrected chi connectivity index (χ1v) is 11.6. The third-order valence-electron chi connectivity index (χ3n) is 6.72. The maximum absolute atomic E-state index is 10.5. The Morgan fingerprint density at radius 3 is 2.70 bits per heavy atom. The highest BCUT2D eigenvalue weighted by molar-refractivity contribution is 5.83.